The molecule has 0 saturated carbocycles. The molecule has 0 aliphatic heterocycles. The minimum Gasteiger partial charge on any atom is -0.350 e. The fraction of sp³-hybridized carbons (Fsp3) is 0.150. The molecule has 0 aliphatic rings. The first-order chi connectivity index (χ1) is 12.1. The van der Waals surface area contributed by atoms with Gasteiger partial charge in [0.1, 0.15) is 17.5 Å². The number of fused-ring (bicyclic) bond motifs is 1. The van der Waals surface area contributed by atoms with Crippen LogP contribution in [0, 0.1) is 20.8 Å². The van der Waals surface area contributed by atoms with Crippen molar-refractivity contribution in [3.63, 3.8) is 0 Å². The average Bonchev–Trinajstić information content (AvgIpc) is 3.05. The van der Waals surface area contributed by atoms with Crippen LogP contribution in [-0.4, -0.2) is 15.1 Å². The summed E-state index contributed by atoms with van der Waals surface area (Å²) < 4.78 is 5.57. The topological polar surface area (TPSA) is 63.8 Å². The highest BCUT2D eigenvalue weighted by atomic mass is 16.5. The van der Waals surface area contributed by atoms with Gasteiger partial charge in [-0.25, -0.2) is 9.97 Å². The first-order valence-corrected chi connectivity index (χ1v) is 8.14. The first kappa shape index (κ1) is 15.3. The van der Waals surface area contributed by atoms with Gasteiger partial charge in [0.2, 0.25) is 5.58 Å². The number of aromatic nitrogens is 3. The molecule has 0 bridgehead atoms. The highest BCUT2D eigenvalue weighted by Crippen LogP contribution is 2.31. The van der Waals surface area contributed by atoms with Crippen molar-refractivity contribution in [2.45, 2.75) is 20.8 Å². The third-order valence-corrected chi connectivity index (χ3v) is 4.44. The van der Waals surface area contributed by atoms with E-state index < -0.39 is 0 Å². The Bertz CT molecular complexity index is 1050. The molecule has 0 saturated heterocycles. The number of aryl methyl sites for hydroxylation is 2. The Labute approximate surface area is 145 Å². The highest BCUT2D eigenvalue weighted by Gasteiger charge is 2.16. The summed E-state index contributed by atoms with van der Waals surface area (Å²) in [6, 6.07) is 14.3. The molecular weight excluding hydrogens is 312 g/mol. The van der Waals surface area contributed by atoms with Crippen LogP contribution < -0.4 is 5.32 Å². The third kappa shape index (κ3) is 2.74. The van der Waals surface area contributed by atoms with Gasteiger partial charge in [-0.15, -0.1) is 0 Å². The molecule has 0 spiro atoms. The fourth-order valence-electron chi connectivity index (χ4n) is 2.77. The van der Waals surface area contributed by atoms with Crippen LogP contribution in [0.3, 0.4) is 0 Å². The first-order valence-electron chi connectivity index (χ1n) is 8.14. The number of hydrogen-bond donors (Lipinski definition) is 1. The largest absolute Gasteiger partial charge is 0.350 e. The van der Waals surface area contributed by atoms with Gasteiger partial charge in [0.15, 0.2) is 5.82 Å². The van der Waals surface area contributed by atoms with Crippen molar-refractivity contribution in [3.05, 3.63) is 65.5 Å². The number of nitrogens with one attached hydrogen (secondary N) is 1. The Morgan fingerprint density at radius 2 is 1.72 bits per heavy atom. The average molecular weight is 330 g/mol. The Morgan fingerprint density at radius 1 is 0.920 bits per heavy atom. The Balaban J connectivity index is 1.79. The van der Waals surface area contributed by atoms with Gasteiger partial charge >= 0.3 is 0 Å². The predicted molar refractivity (Wildman–Crippen MR) is 99.0 cm³/mol. The van der Waals surface area contributed by atoms with E-state index in [-0.39, 0.29) is 0 Å². The number of anilines is 2. The van der Waals surface area contributed by atoms with E-state index in [9.17, 15) is 0 Å². The van der Waals surface area contributed by atoms with Crippen molar-refractivity contribution in [3.8, 4) is 11.3 Å². The molecule has 5 nitrogen and oxygen atoms in total. The molecule has 0 amide bonds. The summed E-state index contributed by atoms with van der Waals surface area (Å²) in [6.07, 6.45) is 1.53. The lowest BCUT2D eigenvalue weighted by molar-refractivity contribution is 0.459. The van der Waals surface area contributed by atoms with Crippen LogP contribution in [0.15, 0.2) is 53.3 Å². The van der Waals surface area contributed by atoms with E-state index in [1.54, 1.807) is 0 Å². The van der Waals surface area contributed by atoms with E-state index in [0.717, 1.165) is 16.9 Å². The summed E-state index contributed by atoms with van der Waals surface area (Å²) in [5.74, 6) is 0.615. The van der Waals surface area contributed by atoms with Crippen molar-refractivity contribution in [2.75, 3.05) is 5.32 Å². The molecule has 25 heavy (non-hydrogen) atoms. The van der Waals surface area contributed by atoms with Crippen LogP contribution in [-0.2, 0) is 0 Å². The molecule has 0 aliphatic carbocycles. The smallest absolute Gasteiger partial charge is 0.228 e. The molecule has 124 valence electrons. The summed E-state index contributed by atoms with van der Waals surface area (Å²) in [5.41, 5.74) is 7.53. The van der Waals surface area contributed by atoms with E-state index >= 15 is 0 Å². The lowest BCUT2D eigenvalue weighted by Crippen LogP contribution is -1.98. The van der Waals surface area contributed by atoms with Crippen LogP contribution >= 0.6 is 0 Å². The van der Waals surface area contributed by atoms with E-state index in [0.29, 0.717) is 16.9 Å². The zero-order valence-electron chi connectivity index (χ0n) is 14.4. The second-order valence-corrected chi connectivity index (χ2v) is 6.17. The van der Waals surface area contributed by atoms with Crippen LogP contribution in [0.2, 0.25) is 0 Å². The molecule has 0 unspecified atom stereocenters. The van der Waals surface area contributed by atoms with E-state index in [1.165, 1.54) is 23.0 Å². The highest BCUT2D eigenvalue weighted by molar-refractivity contribution is 5.94. The summed E-state index contributed by atoms with van der Waals surface area (Å²) in [5, 5.41) is 7.57. The number of nitrogens with zero attached hydrogens (tertiary/aromatic N) is 3. The normalized spacial score (nSPS) is 11.0. The molecule has 2 heterocycles. The number of benzene rings is 2. The summed E-state index contributed by atoms with van der Waals surface area (Å²) >= 11 is 0. The van der Waals surface area contributed by atoms with Crippen LogP contribution in [0.1, 0.15) is 16.7 Å². The number of hydrogen-bond acceptors (Lipinski definition) is 5. The van der Waals surface area contributed by atoms with Crippen molar-refractivity contribution >= 4 is 22.6 Å². The molecule has 0 atom stereocenters. The summed E-state index contributed by atoms with van der Waals surface area (Å²) in [6.45, 7) is 6.22. The molecule has 4 aromatic rings. The van der Waals surface area contributed by atoms with Gasteiger partial charge in [-0.1, -0.05) is 47.1 Å². The van der Waals surface area contributed by atoms with Crippen molar-refractivity contribution in [2.24, 2.45) is 0 Å². The van der Waals surface area contributed by atoms with E-state index in [1.807, 2.05) is 36.4 Å². The van der Waals surface area contributed by atoms with Gasteiger partial charge < -0.3 is 9.84 Å². The van der Waals surface area contributed by atoms with E-state index in [2.05, 4.69) is 47.3 Å². The second kappa shape index (κ2) is 6.02. The van der Waals surface area contributed by atoms with Gasteiger partial charge in [0.05, 0.1) is 0 Å². The zero-order chi connectivity index (χ0) is 17.4. The maximum Gasteiger partial charge on any atom is 0.228 e. The number of rotatable bonds is 3. The zero-order valence-corrected chi connectivity index (χ0v) is 14.4. The fourth-order valence-corrected chi connectivity index (χ4v) is 2.77. The Hall–Kier alpha value is -3.21. The lowest BCUT2D eigenvalue weighted by atomic mass is 10.1. The van der Waals surface area contributed by atoms with Crippen LogP contribution in [0.5, 0.6) is 0 Å². The van der Waals surface area contributed by atoms with Gasteiger partial charge in [-0.05, 0) is 38.0 Å². The summed E-state index contributed by atoms with van der Waals surface area (Å²) in [7, 11) is 0. The van der Waals surface area contributed by atoms with Crippen LogP contribution in [0.4, 0.5) is 11.5 Å². The maximum atomic E-state index is 5.57. The van der Waals surface area contributed by atoms with Crippen molar-refractivity contribution in [1.29, 1.82) is 0 Å². The molecule has 1 N–H and O–H groups in total. The predicted octanol–water partition coefficient (Wildman–Crippen LogP) is 4.95. The van der Waals surface area contributed by atoms with Crippen molar-refractivity contribution in [1.82, 2.24) is 15.1 Å². The molecule has 4 rings (SSSR count). The monoisotopic (exact) mass is 330 g/mol. The minimum absolute atomic E-state index is 0.555. The summed E-state index contributed by atoms with van der Waals surface area (Å²) in [4.78, 5) is 8.71. The van der Waals surface area contributed by atoms with Crippen molar-refractivity contribution < 1.29 is 4.52 Å². The van der Waals surface area contributed by atoms with Gasteiger partial charge in [0.25, 0.3) is 0 Å². The Morgan fingerprint density at radius 3 is 2.52 bits per heavy atom. The molecular formula is C20H18N4O. The van der Waals surface area contributed by atoms with Gasteiger partial charge in [-0.2, -0.15) is 0 Å². The molecule has 0 radical (unpaired) electrons. The second-order valence-electron chi connectivity index (χ2n) is 6.17. The molecule has 2 aromatic heterocycles. The van der Waals surface area contributed by atoms with Gasteiger partial charge in [-0.3, -0.25) is 0 Å². The maximum absolute atomic E-state index is 5.57. The van der Waals surface area contributed by atoms with E-state index in [4.69, 9.17) is 4.52 Å². The molecule has 5 heteroatoms. The van der Waals surface area contributed by atoms with Gasteiger partial charge in [0, 0.05) is 11.3 Å². The molecule has 2 aromatic carbocycles. The minimum atomic E-state index is 0.555. The lowest BCUT2D eigenvalue weighted by Gasteiger charge is -2.10. The Kier molecular flexibility index (Phi) is 3.69. The third-order valence-electron chi connectivity index (χ3n) is 4.44. The SMILES string of the molecule is Cc1ccc(-c2noc3c(Nc4cccc(C)c4C)ncnc23)cc1. The van der Waals surface area contributed by atoms with Crippen LogP contribution in [0.25, 0.3) is 22.4 Å². The standard InChI is InChI=1S/C20H18N4O/c1-12-7-9-15(10-8-12)17-18-19(25-24-17)20(22-11-21-18)23-16-6-4-5-13(2)14(16)3/h4-11H,1-3H3,(H,21,22,23). The molecule has 0 fully saturated rings. The quantitative estimate of drug-likeness (QED) is 0.575.